The standard InChI is InChI=1S/C23H22N2O5/c1-29-18-9-6-10-19(30-2)21(18)22(26)24-17-13-11-16(12-14-17)20(23(27)25-28)15-7-4-3-5-8-15/h3-14,20,28H,1-2H3,(H,24,26)(H,25,27). The SMILES string of the molecule is COc1cccc(OC)c1C(=O)Nc1ccc(C(C(=O)NO)c2ccccc2)cc1. The number of hydrogen-bond donors (Lipinski definition) is 3. The second-order valence-corrected chi connectivity index (χ2v) is 6.43. The highest BCUT2D eigenvalue weighted by atomic mass is 16.5. The Morgan fingerprint density at radius 3 is 1.90 bits per heavy atom. The molecule has 0 radical (unpaired) electrons. The maximum Gasteiger partial charge on any atom is 0.263 e. The number of hydroxylamine groups is 1. The zero-order chi connectivity index (χ0) is 21.5. The Morgan fingerprint density at radius 2 is 1.37 bits per heavy atom. The molecule has 154 valence electrons. The van der Waals surface area contributed by atoms with E-state index in [1.807, 2.05) is 30.3 Å². The highest BCUT2D eigenvalue weighted by Crippen LogP contribution is 2.30. The van der Waals surface area contributed by atoms with E-state index in [-0.39, 0.29) is 11.5 Å². The van der Waals surface area contributed by atoms with Gasteiger partial charge >= 0.3 is 0 Å². The van der Waals surface area contributed by atoms with Crippen molar-refractivity contribution in [1.29, 1.82) is 0 Å². The molecule has 0 heterocycles. The number of carbonyl (C=O) groups is 2. The molecule has 0 aromatic heterocycles. The van der Waals surface area contributed by atoms with Crippen LogP contribution in [0.5, 0.6) is 11.5 Å². The van der Waals surface area contributed by atoms with E-state index in [0.717, 1.165) is 5.56 Å². The summed E-state index contributed by atoms with van der Waals surface area (Å²) in [4.78, 5) is 25.0. The fourth-order valence-corrected chi connectivity index (χ4v) is 3.23. The van der Waals surface area contributed by atoms with Crippen LogP contribution in [0.25, 0.3) is 0 Å². The summed E-state index contributed by atoms with van der Waals surface area (Å²) in [5.74, 6) is -0.823. The van der Waals surface area contributed by atoms with Crippen LogP contribution in [-0.2, 0) is 4.79 Å². The fraction of sp³-hybridized carbons (Fsp3) is 0.130. The Kier molecular flexibility index (Phi) is 6.67. The van der Waals surface area contributed by atoms with E-state index >= 15 is 0 Å². The smallest absolute Gasteiger partial charge is 0.263 e. The third-order valence-corrected chi connectivity index (χ3v) is 4.66. The molecular formula is C23H22N2O5. The first-order valence-electron chi connectivity index (χ1n) is 9.20. The van der Waals surface area contributed by atoms with Gasteiger partial charge in [-0.05, 0) is 35.4 Å². The summed E-state index contributed by atoms with van der Waals surface area (Å²) in [5.41, 5.74) is 3.94. The molecular weight excluding hydrogens is 384 g/mol. The number of benzene rings is 3. The summed E-state index contributed by atoms with van der Waals surface area (Å²) in [5, 5.41) is 12.0. The van der Waals surface area contributed by atoms with Crippen molar-refractivity contribution in [2.24, 2.45) is 0 Å². The lowest BCUT2D eigenvalue weighted by Gasteiger charge is -2.17. The number of rotatable bonds is 7. The van der Waals surface area contributed by atoms with E-state index in [2.05, 4.69) is 5.32 Å². The largest absolute Gasteiger partial charge is 0.496 e. The van der Waals surface area contributed by atoms with E-state index in [1.165, 1.54) is 14.2 Å². The Balaban J connectivity index is 1.86. The molecule has 0 saturated carbocycles. The van der Waals surface area contributed by atoms with Crippen molar-refractivity contribution in [2.45, 2.75) is 5.92 Å². The molecule has 7 heteroatoms. The van der Waals surface area contributed by atoms with Gasteiger partial charge in [0.25, 0.3) is 11.8 Å². The zero-order valence-electron chi connectivity index (χ0n) is 16.6. The Bertz CT molecular complexity index is 997. The summed E-state index contributed by atoms with van der Waals surface area (Å²) in [6, 6.07) is 21.0. The van der Waals surface area contributed by atoms with E-state index in [9.17, 15) is 9.59 Å². The second-order valence-electron chi connectivity index (χ2n) is 6.43. The molecule has 2 amide bonds. The minimum atomic E-state index is -0.685. The van der Waals surface area contributed by atoms with Crippen molar-refractivity contribution in [2.75, 3.05) is 19.5 Å². The van der Waals surface area contributed by atoms with Crippen molar-refractivity contribution in [3.05, 3.63) is 89.5 Å². The van der Waals surface area contributed by atoms with Gasteiger partial charge in [-0.1, -0.05) is 48.5 Å². The van der Waals surface area contributed by atoms with Gasteiger partial charge in [-0.2, -0.15) is 0 Å². The van der Waals surface area contributed by atoms with Gasteiger partial charge in [0.1, 0.15) is 17.1 Å². The van der Waals surface area contributed by atoms with E-state index in [0.29, 0.717) is 22.7 Å². The van der Waals surface area contributed by atoms with Crippen LogP contribution in [0, 0.1) is 0 Å². The normalized spacial score (nSPS) is 11.3. The van der Waals surface area contributed by atoms with Gasteiger partial charge in [0.2, 0.25) is 0 Å². The zero-order valence-corrected chi connectivity index (χ0v) is 16.6. The number of ether oxygens (including phenoxy) is 2. The van der Waals surface area contributed by atoms with Gasteiger partial charge in [0.05, 0.1) is 20.1 Å². The van der Waals surface area contributed by atoms with E-state index in [1.54, 1.807) is 47.9 Å². The summed E-state index contributed by atoms with van der Waals surface area (Å²) in [6.07, 6.45) is 0. The number of amides is 2. The van der Waals surface area contributed by atoms with Crippen LogP contribution >= 0.6 is 0 Å². The molecule has 0 aliphatic heterocycles. The summed E-state index contributed by atoms with van der Waals surface area (Å²) in [6.45, 7) is 0. The van der Waals surface area contributed by atoms with Crippen LogP contribution in [0.4, 0.5) is 5.69 Å². The quantitative estimate of drug-likeness (QED) is 0.412. The van der Waals surface area contributed by atoms with Gasteiger partial charge < -0.3 is 14.8 Å². The molecule has 0 spiro atoms. The molecule has 3 N–H and O–H groups in total. The fourth-order valence-electron chi connectivity index (χ4n) is 3.23. The number of methoxy groups -OCH3 is 2. The first kappa shape index (κ1) is 20.9. The average molecular weight is 406 g/mol. The molecule has 3 rings (SSSR count). The monoisotopic (exact) mass is 406 g/mol. The van der Waals surface area contributed by atoms with Crippen molar-refractivity contribution >= 4 is 17.5 Å². The third-order valence-electron chi connectivity index (χ3n) is 4.66. The van der Waals surface area contributed by atoms with Crippen LogP contribution in [0.15, 0.2) is 72.8 Å². The van der Waals surface area contributed by atoms with Crippen molar-refractivity contribution < 1.29 is 24.3 Å². The molecule has 0 saturated heterocycles. The molecule has 0 aliphatic rings. The molecule has 0 fully saturated rings. The van der Waals surface area contributed by atoms with Gasteiger partial charge in [-0.25, -0.2) is 5.48 Å². The van der Waals surface area contributed by atoms with Gasteiger partial charge in [-0.3, -0.25) is 14.8 Å². The number of carbonyl (C=O) groups excluding carboxylic acids is 2. The Morgan fingerprint density at radius 1 is 0.800 bits per heavy atom. The lowest BCUT2D eigenvalue weighted by atomic mass is 9.90. The molecule has 0 aliphatic carbocycles. The number of hydrogen-bond acceptors (Lipinski definition) is 5. The van der Waals surface area contributed by atoms with Crippen molar-refractivity contribution in [3.63, 3.8) is 0 Å². The maximum absolute atomic E-state index is 12.8. The van der Waals surface area contributed by atoms with E-state index in [4.69, 9.17) is 14.7 Å². The van der Waals surface area contributed by atoms with Gasteiger partial charge in [0, 0.05) is 5.69 Å². The van der Waals surface area contributed by atoms with Gasteiger partial charge in [0.15, 0.2) is 0 Å². The van der Waals surface area contributed by atoms with Crippen molar-refractivity contribution in [1.82, 2.24) is 5.48 Å². The first-order valence-corrected chi connectivity index (χ1v) is 9.20. The maximum atomic E-state index is 12.8. The van der Waals surface area contributed by atoms with Crippen LogP contribution in [0.1, 0.15) is 27.4 Å². The Hall–Kier alpha value is -3.84. The van der Waals surface area contributed by atoms with E-state index < -0.39 is 11.8 Å². The number of nitrogens with one attached hydrogen (secondary N) is 2. The molecule has 7 nitrogen and oxygen atoms in total. The molecule has 1 unspecified atom stereocenters. The van der Waals surface area contributed by atoms with Gasteiger partial charge in [-0.15, -0.1) is 0 Å². The topological polar surface area (TPSA) is 96.9 Å². The predicted molar refractivity (Wildman–Crippen MR) is 112 cm³/mol. The lowest BCUT2D eigenvalue weighted by molar-refractivity contribution is -0.129. The minimum absolute atomic E-state index is 0.286. The molecule has 30 heavy (non-hydrogen) atoms. The highest BCUT2D eigenvalue weighted by Gasteiger charge is 2.23. The lowest BCUT2D eigenvalue weighted by Crippen LogP contribution is -2.27. The minimum Gasteiger partial charge on any atom is -0.496 e. The summed E-state index contributed by atoms with van der Waals surface area (Å²) >= 11 is 0. The van der Waals surface area contributed by atoms with Crippen LogP contribution in [0.3, 0.4) is 0 Å². The van der Waals surface area contributed by atoms with Crippen LogP contribution in [-0.4, -0.2) is 31.2 Å². The highest BCUT2D eigenvalue weighted by molar-refractivity contribution is 6.08. The molecule has 0 bridgehead atoms. The molecule has 3 aromatic carbocycles. The van der Waals surface area contributed by atoms with Crippen molar-refractivity contribution in [3.8, 4) is 11.5 Å². The van der Waals surface area contributed by atoms with Crippen LogP contribution in [0.2, 0.25) is 0 Å². The molecule has 3 aromatic rings. The molecule has 1 atom stereocenters. The third kappa shape index (κ3) is 4.42. The summed E-state index contributed by atoms with van der Waals surface area (Å²) in [7, 11) is 2.96. The second kappa shape index (κ2) is 9.58. The van der Waals surface area contributed by atoms with Crippen LogP contribution < -0.4 is 20.3 Å². The average Bonchev–Trinajstić information content (AvgIpc) is 2.80. The number of anilines is 1. The first-order chi connectivity index (χ1) is 14.6. The summed E-state index contributed by atoms with van der Waals surface area (Å²) < 4.78 is 10.6. The predicted octanol–water partition coefficient (Wildman–Crippen LogP) is 3.59. The Labute approximate surface area is 174 Å².